The highest BCUT2D eigenvalue weighted by Gasteiger charge is 2.45. The molecule has 134 valence electrons. The summed E-state index contributed by atoms with van der Waals surface area (Å²) < 4.78 is 13.2. The molecule has 0 atom stereocenters. The first-order valence-corrected chi connectivity index (χ1v) is 9.50. The molecule has 3 aromatic rings. The Kier molecular flexibility index (Phi) is 4.37. The van der Waals surface area contributed by atoms with Crippen LogP contribution in [0, 0.1) is 17.1 Å². The molecule has 1 aliphatic carbocycles. The van der Waals surface area contributed by atoms with E-state index in [0.717, 1.165) is 27.7 Å². The van der Waals surface area contributed by atoms with E-state index in [-0.39, 0.29) is 5.82 Å². The number of hydrogen-bond acceptors (Lipinski definition) is 3. The number of benzene rings is 3. The van der Waals surface area contributed by atoms with Crippen molar-refractivity contribution in [1.82, 2.24) is 0 Å². The molecule has 0 spiro atoms. The molecule has 0 amide bonds. The molecular formula is C22H16FNO2S. The van der Waals surface area contributed by atoms with Crippen LogP contribution in [-0.4, -0.2) is 15.8 Å². The first-order chi connectivity index (χ1) is 13.0. The Morgan fingerprint density at radius 3 is 2.44 bits per heavy atom. The number of carbonyl (C=O) groups is 1. The van der Waals surface area contributed by atoms with Gasteiger partial charge in [-0.25, -0.2) is 4.39 Å². The van der Waals surface area contributed by atoms with E-state index < -0.39 is 10.7 Å². The SMILES string of the molecule is N#Cc1ccc(-c2cc(F)ccc2SC2(C(=O)O)CCC2)c2ccccc12. The largest absolute Gasteiger partial charge is 0.480 e. The summed E-state index contributed by atoms with van der Waals surface area (Å²) >= 11 is 1.30. The maximum atomic E-state index is 14.1. The van der Waals surface area contributed by atoms with Gasteiger partial charge in [-0.15, -0.1) is 11.8 Å². The Bertz CT molecular complexity index is 1100. The van der Waals surface area contributed by atoms with Crippen molar-refractivity contribution in [2.75, 3.05) is 0 Å². The Morgan fingerprint density at radius 1 is 1.07 bits per heavy atom. The van der Waals surface area contributed by atoms with E-state index in [2.05, 4.69) is 6.07 Å². The molecule has 0 saturated heterocycles. The van der Waals surface area contributed by atoms with Crippen molar-refractivity contribution in [2.45, 2.75) is 28.9 Å². The van der Waals surface area contributed by atoms with Gasteiger partial charge < -0.3 is 5.11 Å². The molecule has 3 nitrogen and oxygen atoms in total. The number of hydrogen-bond donors (Lipinski definition) is 1. The Hall–Kier alpha value is -2.84. The highest BCUT2D eigenvalue weighted by Crippen LogP contribution is 2.50. The lowest BCUT2D eigenvalue weighted by molar-refractivity contribution is -0.142. The minimum absolute atomic E-state index is 0.374. The van der Waals surface area contributed by atoms with Crippen molar-refractivity contribution in [1.29, 1.82) is 5.26 Å². The van der Waals surface area contributed by atoms with Crippen LogP contribution >= 0.6 is 11.8 Å². The van der Waals surface area contributed by atoms with Crippen molar-refractivity contribution in [2.24, 2.45) is 0 Å². The molecule has 0 aromatic heterocycles. The third-order valence-electron chi connectivity index (χ3n) is 5.13. The molecule has 1 N–H and O–H groups in total. The van der Waals surface area contributed by atoms with E-state index in [9.17, 15) is 19.6 Å². The van der Waals surface area contributed by atoms with Crippen molar-refractivity contribution < 1.29 is 14.3 Å². The van der Waals surface area contributed by atoms with E-state index in [1.165, 1.54) is 23.9 Å². The van der Waals surface area contributed by atoms with Gasteiger partial charge in [-0.05, 0) is 60.0 Å². The molecule has 5 heteroatoms. The molecule has 0 radical (unpaired) electrons. The summed E-state index contributed by atoms with van der Waals surface area (Å²) in [6.07, 6.45) is 2.10. The van der Waals surface area contributed by atoms with Crippen LogP contribution in [0.4, 0.5) is 4.39 Å². The third kappa shape index (κ3) is 2.96. The minimum atomic E-state index is -0.838. The lowest BCUT2D eigenvalue weighted by Gasteiger charge is -2.37. The molecule has 3 aromatic carbocycles. The number of carboxylic acid groups (broad SMARTS) is 1. The predicted molar refractivity (Wildman–Crippen MR) is 104 cm³/mol. The van der Waals surface area contributed by atoms with Crippen LogP contribution in [0.25, 0.3) is 21.9 Å². The molecule has 1 saturated carbocycles. The van der Waals surface area contributed by atoms with Crippen molar-refractivity contribution >= 4 is 28.5 Å². The molecule has 1 aliphatic rings. The van der Waals surface area contributed by atoms with E-state index in [0.29, 0.717) is 24.0 Å². The second-order valence-electron chi connectivity index (χ2n) is 6.71. The highest BCUT2D eigenvalue weighted by molar-refractivity contribution is 8.01. The first kappa shape index (κ1) is 17.6. The molecule has 0 unspecified atom stereocenters. The average Bonchev–Trinajstić information content (AvgIpc) is 2.64. The Morgan fingerprint density at radius 2 is 1.81 bits per heavy atom. The van der Waals surface area contributed by atoms with Crippen molar-refractivity contribution in [3.63, 3.8) is 0 Å². The molecular weight excluding hydrogens is 361 g/mol. The Labute approximate surface area is 160 Å². The molecule has 0 heterocycles. The second-order valence-corrected chi connectivity index (χ2v) is 8.14. The van der Waals surface area contributed by atoms with Gasteiger partial charge in [0.15, 0.2) is 0 Å². The van der Waals surface area contributed by atoms with Crippen LogP contribution in [0.3, 0.4) is 0 Å². The summed E-state index contributed by atoms with van der Waals surface area (Å²) in [5, 5.41) is 20.7. The smallest absolute Gasteiger partial charge is 0.320 e. The monoisotopic (exact) mass is 377 g/mol. The van der Waals surface area contributed by atoms with Crippen LogP contribution in [0.2, 0.25) is 0 Å². The van der Waals surface area contributed by atoms with Gasteiger partial charge in [-0.3, -0.25) is 4.79 Å². The van der Waals surface area contributed by atoms with Gasteiger partial charge in [0, 0.05) is 10.3 Å². The summed E-state index contributed by atoms with van der Waals surface area (Å²) in [5.74, 6) is -1.19. The Balaban J connectivity index is 1.91. The molecule has 27 heavy (non-hydrogen) atoms. The van der Waals surface area contributed by atoms with Crippen LogP contribution in [-0.2, 0) is 4.79 Å². The van der Waals surface area contributed by atoms with E-state index in [1.54, 1.807) is 12.1 Å². The minimum Gasteiger partial charge on any atom is -0.480 e. The fourth-order valence-corrected chi connectivity index (χ4v) is 4.92. The quantitative estimate of drug-likeness (QED) is 0.641. The number of carboxylic acids is 1. The summed E-state index contributed by atoms with van der Waals surface area (Å²) in [6.45, 7) is 0. The van der Waals surface area contributed by atoms with E-state index in [1.807, 2.05) is 30.3 Å². The zero-order valence-corrected chi connectivity index (χ0v) is 15.2. The van der Waals surface area contributed by atoms with Gasteiger partial charge in [-0.2, -0.15) is 5.26 Å². The first-order valence-electron chi connectivity index (χ1n) is 8.68. The summed E-state index contributed by atoms with van der Waals surface area (Å²) in [4.78, 5) is 12.5. The standard InChI is InChI=1S/C22H16FNO2S/c23-15-7-9-20(27-22(21(25)26)10-3-11-22)19(12-15)18-8-6-14(13-24)16-4-1-2-5-17(16)18/h1-2,4-9,12H,3,10-11H2,(H,25,26). The highest BCUT2D eigenvalue weighted by atomic mass is 32.2. The number of thioether (sulfide) groups is 1. The lowest BCUT2D eigenvalue weighted by Crippen LogP contribution is -2.41. The topological polar surface area (TPSA) is 61.1 Å². The molecule has 0 aliphatic heterocycles. The zero-order chi connectivity index (χ0) is 19.0. The number of fused-ring (bicyclic) bond motifs is 1. The number of nitrogens with zero attached hydrogens (tertiary/aromatic N) is 1. The van der Waals surface area contributed by atoms with Crippen LogP contribution in [0.15, 0.2) is 59.5 Å². The number of aliphatic carboxylic acids is 1. The molecule has 4 rings (SSSR count). The number of nitriles is 1. The van der Waals surface area contributed by atoms with Gasteiger partial charge in [0.05, 0.1) is 11.6 Å². The van der Waals surface area contributed by atoms with Crippen molar-refractivity contribution in [3.05, 3.63) is 66.0 Å². The van der Waals surface area contributed by atoms with E-state index in [4.69, 9.17) is 0 Å². The lowest BCUT2D eigenvalue weighted by atomic mass is 9.84. The van der Waals surface area contributed by atoms with Gasteiger partial charge in [0.25, 0.3) is 0 Å². The predicted octanol–water partition coefficient (Wildman–Crippen LogP) is 5.62. The van der Waals surface area contributed by atoms with Gasteiger partial charge in [-0.1, -0.05) is 30.3 Å². The third-order valence-corrected chi connectivity index (χ3v) is 6.68. The zero-order valence-electron chi connectivity index (χ0n) is 14.4. The van der Waals surface area contributed by atoms with Crippen LogP contribution in [0.5, 0.6) is 0 Å². The molecule has 0 bridgehead atoms. The number of rotatable bonds is 4. The fourth-order valence-electron chi connectivity index (χ4n) is 3.50. The van der Waals surface area contributed by atoms with Crippen molar-refractivity contribution in [3.8, 4) is 17.2 Å². The summed E-state index contributed by atoms with van der Waals surface area (Å²) in [5.41, 5.74) is 2.01. The summed E-state index contributed by atoms with van der Waals surface area (Å²) in [7, 11) is 0. The van der Waals surface area contributed by atoms with Gasteiger partial charge in [0.1, 0.15) is 10.6 Å². The van der Waals surface area contributed by atoms with Gasteiger partial charge in [0.2, 0.25) is 0 Å². The average molecular weight is 377 g/mol. The van der Waals surface area contributed by atoms with Gasteiger partial charge >= 0.3 is 5.97 Å². The van der Waals surface area contributed by atoms with Crippen LogP contribution in [0.1, 0.15) is 24.8 Å². The maximum Gasteiger partial charge on any atom is 0.320 e. The fraction of sp³-hybridized carbons (Fsp3) is 0.182. The maximum absolute atomic E-state index is 14.1. The van der Waals surface area contributed by atoms with E-state index >= 15 is 0 Å². The summed E-state index contributed by atoms with van der Waals surface area (Å²) in [6, 6.07) is 17.7. The normalized spacial score (nSPS) is 15.1. The second kappa shape index (κ2) is 6.71. The number of halogens is 1. The van der Waals surface area contributed by atoms with Crippen LogP contribution < -0.4 is 0 Å². The molecule has 1 fully saturated rings.